The first-order valence-corrected chi connectivity index (χ1v) is 8.12. The van der Waals surface area contributed by atoms with Crippen molar-refractivity contribution in [2.24, 2.45) is 0 Å². The Kier molecular flexibility index (Phi) is 7.55. The lowest BCUT2D eigenvalue weighted by Gasteiger charge is -2.18. The van der Waals surface area contributed by atoms with Crippen LogP contribution in [0.2, 0.25) is 0 Å². The Hall–Kier alpha value is -0.590. The van der Waals surface area contributed by atoms with Crippen LogP contribution in [0.5, 0.6) is 5.75 Å². The maximum atomic E-state index is 11.9. The average Bonchev–Trinajstić information content (AvgIpc) is 2.40. The maximum Gasteiger partial charge on any atom is 0.236 e. The molecule has 0 saturated heterocycles. The van der Waals surface area contributed by atoms with Gasteiger partial charge in [0.15, 0.2) is 0 Å². The second-order valence-electron chi connectivity index (χ2n) is 4.26. The van der Waals surface area contributed by atoms with Crippen molar-refractivity contribution in [1.82, 2.24) is 10.2 Å². The minimum atomic E-state index is 0.127. The minimum Gasteiger partial charge on any atom is -0.494 e. The number of halogens is 2. The van der Waals surface area contributed by atoms with E-state index in [-0.39, 0.29) is 5.91 Å². The fraction of sp³-hybridized carbons (Fsp3) is 0.500. The standard InChI is InChI=1S/C14H20Br2N2O2/c1-4-18(5-2)13(19)9-17-8-10-6-11(15)14(20-3)12(16)7-10/h6-7,17H,4-5,8-9H2,1-3H3. The van der Waals surface area contributed by atoms with Gasteiger partial charge in [0.1, 0.15) is 5.75 Å². The Morgan fingerprint density at radius 1 is 1.25 bits per heavy atom. The van der Waals surface area contributed by atoms with Crippen LogP contribution in [0.3, 0.4) is 0 Å². The van der Waals surface area contributed by atoms with E-state index in [0.717, 1.165) is 33.3 Å². The summed E-state index contributed by atoms with van der Waals surface area (Å²) < 4.78 is 7.04. The summed E-state index contributed by atoms with van der Waals surface area (Å²) in [6.45, 7) is 6.45. The third-order valence-corrected chi connectivity index (χ3v) is 4.16. The number of nitrogens with one attached hydrogen (secondary N) is 1. The number of likely N-dealkylation sites (N-methyl/N-ethyl adjacent to an activating group) is 1. The molecule has 0 saturated carbocycles. The Morgan fingerprint density at radius 2 is 1.80 bits per heavy atom. The fourth-order valence-electron chi connectivity index (χ4n) is 1.91. The number of ether oxygens (including phenoxy) is 1. The topological polar surface area (TPSA) is 41.6 Å². The van der Waals surface area contributed by atoms with Gasteiger partial charge in [-0.2, -0.15) is 0 Å². The van der Waals surface area contributed by atoms with Gasteiger partial charge < -0.3 is 15.0 Å². The van der Waals surface area contributed by atoms with E-state index in [2.05, 4.69) is 37.2 Å². The van der Waals surface area contributed by atoms with E-state index in [9.17, 15) is 4.79 Å². The number of rotatable bonds is 7. The summed E-state index contributed by atoms with van der Waals surface area (Å²) in [5, 5.41) is 3.17. The number of carbonyl (C=O) groups excluding carboxylic acids is 1. The molecule has 0 aliphatic rings. The molecule has 0 atom stereocenters. The molecule has 0 aliphatic carbocycles. The monoisotopic (exact) mass is 406 g/mol. The van der Waals surface area contributed by atoms with Crippen molar-refractivity contribution in [1.29, 1.82) is 0 Å². The van der Waals surface area contributed by atoms with Gasteiger partial charge in [0.05, 0.1) is 22.6 Å². The van der Waals surface area contributed by atoms with Crippen LogP contribution < -0.4 is 10.1 Å². The molecule has 0 unspecified atom stereocenters. The summed E-state index contributed by atoms with van der Waals surface area (Å²) in [7, 11) is 1.63. The predicted octanol–water partition coefficient (Wildman–Crippen LogP) is 3.18. The Labute approximate surface area is 137 Å². The van der Waals surface area contributed by atoms with Crippen molar-refractivity contribution in [2.45, 2.75) is 20.4 Å². The fourth-order valence-corrected chi connectivity index (χ4v) is 3.52. The van der Waals surface area contributed by atoms with Gasteiger partial charge in [0.25, 0.3) is 0 Å². The minimum absolute atomic E-state index is 0.127. The molecule has 0 aromatic heterocycles. The summed E-state index contributed by atoms with van der Waals surface area (Å²) in [6.07, 6.45) is 0. The van der Waals surface area contributed by atoms with Crippen LogP contribution in [-0.4, -0.2) is 37.6 Å². The highest BCUT2D eigenvalue weighted by Crippen LogP contribution is 2.34. The molecule has 1 amide bonds. The summed E-state index contributed by atoms with van der Waals surface area (Å²) >= 11 is 6.93. The van der Waals surface area contributed by atoms with Gasteiger partial charge in [-0.05, 0) is 63.4 Å². The van der Waals surface area contributed by atoms with Gasteiger partial charge in [0.2, 0.25) is 5.91 Å². The maximum absolute atomic E-state index is 11.9. The van der Waals surface area contributed by atoms with Crippen molar-refractivity contribution in [3.63, 3.8) is 0 Å². The Balaban J connectivity index is 2.57. The zero-order valence-electron chi connectivity index (χ0n) is 12.0. The molecule has 1 aromatic carbocycles. The number of hydrogen-bond donors (Lipinski definition) is 1. The zero-order valence-corrected chi connectivity index (χ0v) is 15.2. The number of methoxy groups -OCH3 is 1. The second kappa shape index (κ2) is 8.64. The van der Waals surface area contributed by atoms with Gasteiger partial charge in [-0.1, -0.05) is 0 Å². The smallest absolute Gasteiger partial charge is 0.236 e. The van der Waals surface area contributed by atoms with Crippen LogP contribution in [0, 0.1) is 0 Å². The molecule has 0 bridgehead atoms. The molecular formula is C14H20Br2N2O2. The van der Waals surface area contributed by atoms with Crippen molar-refractivity contribution in [3.05, 3.63) is 26.6 Å². The van der Waals surface area contributed by atoms with Crippen molar-refractivity contribution in [3.8, 4) is 5.75 Å². The van der Waals surface area contributed by atoms with E-state index in [1.807, 2.05) is 30.9 Å². The number of hydrogen-bond acceptors (Lipinski definition) is 3. The summed E-state index contributed by atoms with van der Waals surface area (Å²) in [5.74, 6) is 0.898. The van der Waals surface area contributed by atoms with E-state index >= 15 is 0 Å². The van der Waals surface area contributed by atoms with Crippen molar-refractivity contribution in [2.75, 3.05) is 26.7 Å². The molecule has 0 fully saturated rings. The average molecular weight is 408 g/mol. The van der Waals surface area contributed by atoms with Crippen LogP contribution in [0.15, 0.2) is 21.1 Å². The molecule has 1 N–H and O–H groups in total. The van der Waals surface area contributed by atoms with E-state index < -0.39 is 0 Å². The van der Waals surface area contributed by atoms with E-state index in [4.69, 9.17) is 4.74 Å². The molecule has 1 aromatic rings. The highest BCUT2D eigenvalue weighted by atomic mass is 79.9. The zero-order chi connectivity index (χ0) is 15.1. The number of amides is 1. The third kappa shape index (κ3) is 4.75. The molecule has 6 heteroatoms. The molecule has 112 valence electrons. The second-order valence-corrected chi connectivity index (χ2v) is 5.97. The van der Waals surface area contributed by atoms with Crippen LogP contribution in [-0.2, 0) is 11.3 Å². The largest absolute Gasteiger partial charge is 0.494 e. The van der Waals surface area contributed by atoms with Crippen molar-refractivity contribution >= 4 is 37.8 Å². The van der Waals surface area contributed by atoms with Gasteiger partial charge in [-0.25, -0.2) is 0 Å². The molecule has 20 heavy (non-hydrogen) atoms. The molecule has 0 heterocycles. The molecule has 0 radical (unpaired) electrons. The lowest BCUT2D eigenvalue weighted by Crippen LogP contribution is -2.37. The number of benzene rings is 1. The van der Waals surface area contributed by atoms with Crippen LogP contribution in [0.4, 0.5) is 0 Å². The van der Waals surface area contributed by atoms with E-state index in [1.165, 1.54) is 0 Å². The first kappa shape index (κ1) is 17.5. The first-order valence-electron chi connectivity index (χ1n) is 6.53. The first-order chi connectivity index (χ1) is 9.53. The lowest BCUT2D eigenvalue weighted by atomic mass is 10.2. The summed E-state index contributed by atoms with van der Waals surface area (Å²) in [6, 6.07) is 3.97. The highest BCUT2D eigenvalue weighted by molar-refractivity contribution is 9.11. The molecular weight excluding hydrogens is 388 g/mol. The summed E-state index contributed by atoms with van der Waals surface area (Å²) in [5.41, 5.74) is 1.08. The SMILES string of the molecule is CCN(CC)C(=O)CNCc1cc(Br)c(OC)c(Br)c1. The summed E-state index contributed by atoms with van der Waals surface area (Å²) in [4.78, 5) is 13.7. The van der Waals surface area contributed by atoms with Crippen LogP contribution >= 0.6 is 31.9 Å². The Bertz CT molecular complexity index is 439. The quantitative estimate of drug-likeness (QED) is 0.754. The molecule has 0 spiro atoms. The Morgan fingerprint density at radius 3 is 2.25 bits per heavy atom. The highest BCUT2D eigenvalue weighted by Gasteiger charge is 2.10. The number of nitrogens with zero attached hydrogens (tertiary/aromatic N) is 1. The van der Waals surface area contributed by atoms with E-state index in [1.54, 1.807) is 7.11 Å². The van der Waals surface area contributed by atoms with Crippen molar-refractivity contribution < 1.29 is 9.53 Å². The van der Waals surface area contributed by atoms with E-state index in [0.29, 0.717) is 13.1 Å². The van der Waals surface area contributed by atoms with Gasteiger partial charge >= 0.3 is 0 Å². The molecule has 4 nitrogen and oxygen atoms in total. The third-order valence-electron chi connectivity index (χ3n) is 2.98. The lowest BCUT2D eigenvalue weighted by molar-refractivity contribution is -0.129. The molecule has 1 rings (SSSR count). The van der Waals surface area contributed by atoms with Crippen LogP contribution in [0.1, 0.15) is 19.4 Å². The predicted molar refractivity (Wildman–Crippen MR) is 88.0 cm³/mol. The molecule has 0 aliphatic heterocycles. The van der Waals surface area contributed by atoms with Crippen LogP contribution in [0.25, 0.3) is 0 Å². The van der Waals surface area contributed by atoms with Gasteiger partial charge in [-0.3, -0.25) is 4.79 Å². The normalized spacial score (nSPS) is 10.4. The number of carbonyl (C=O) groups is 1. The van der Waals surface area contributed by atoms with Gasteiger partial charge in [0, 0.05) is 19.6 Å². The van der Waals surface area contributed by atoms with Gasteiger partial charge in [-0.15, -0.1) is 0 Å².